The van der Waals surface area contributed by atoms with Crippen molar-refractivity contribution in [3.05, 3.63) is 53.8 Å². The second-order valence-corrected chi connectivity index (χ2v) is 5.02. The van der Waals surface area contributed by atoms with Crippen molar-refractivity contribution in [1.29, 1.82) is 0 Å². The summed E-state index contributed by atoms with van der Waals surface area (Å²) in [6, 6.07) is 13.2. The molecule has 0 unspecified atom stereocenters. The third-order valence-electron chi connectivity index (χ3n) is 3.69. The van der Waals surface area contributed by atoms with Crippen LogP contribution in [0.4, 0.5) is 4.39 Å². The van der Waals surface area contributed by atoms with Gasteiger partial charge in [-0.2, -0.15) is 0 Å². The number of para-hydroxylation sites is 1. The lowest BCUT2D eigenvalue weighted by Gasteiger charge is -2.07. The third kappa shape index (κ3) is 2.43. The van der Waals surface area contributed by atoms with E-state index in [-0.39, 0.29) is 5.82 Å². The van der Waals surface area contributed by atoms with E-state index in [4.69, 9.17) is 5.73 Å². The van der Waals surface area contributed by atoms with E-state index in [1.54, 1.807) is 6.07 Å². The van der Waals surface area contributed by atoms with Crippen LogP contribution in [0.2, 0.25) is 0 Å². The maximum absolute atomic E-state index is 13.9. The number of fused-ring (bicyclic) bond motifs is 1. The lowest BCUT2D eigenvalue weighted by atomic mass is 10.1. The van der Waals surface area contributed by atoms with Crippen LogP contribution in [0, 0.1) is 5.82 Å². The second-order valence-electron chi connectivity index (χ2n) is 5.02. The number of halogens is 1. The molecule has 0 aliphatic heterocycles. The molecule has 2 aromatic carbocycles. The van der Waals surface area contributed by atoms with Crippen LogP contribution in [-0.4, -0.2) is 16.1 Å². The van der Waals surface area contributed by atoms with Crippen LogP contribution in [0.15, 0.2) is 42.5 Å². The SMILES string of the molecule is CCn1c(-c2ccc(CCN)cc2)nc2c(F)cccc21. The van der Waals surface area contributed by atoms with Gasteiger partial charge >= 0.3 is 0 Å². The molecular formula is C17H18FN3. The Labute approximate surface area is 123 Å². The van der Waals surface area contributed by atoms with Gasteiger partial charge in [0.25, 0.3) is 0 Å². The van der Waals surface area contributed by atoms with Crippen molar-refractivity contribution in [2.75, 3.05) is 6.54 Å². The highest BCUT2D eigenvalue weighted by Crippen LogP contribution is 2.26. The molecule has 0 radical (unpaired) electrons. The Morgan fingerprint density at radius 3 is 2.57 bits per heavy atom. The minimum Gasteiger partial charge on any atom is -0.330 e. The van der Waals surface area contributed by atoms with Gasteiger partial charge in [0.2, 0.25) is 0 Å². The smallest absolute Gasteiger partial charge is 0.151 e. The predicted octanol–water partition coefficient (Wildman–Crippen LogP) is 3.36. The van der Waals surface area contributed by atoms with E-state index in [9.17, 15) is 4.39 Å². The molecule has 0 bridgehead atoms. The van der Waals surface area contributed by atoms with Gasteiger partial charge in [-0.25, -0.2) is 9.37 Å². The van der Waals surface area contributed by atoms with Crippen molar-refractivity contribution < 1.29 is 4.39 Å². The van der Waals surface area contributed by atoms with E-state index < -0.39 is 0 Å². The molecule has 4 heteroatoms. The van der Waals surface area contributed by atoms with Gasteiger partial charge < -0.3 is 10.3 Å². The number of nitrogens with two attached hydrogens (primary N) is 1. The molecule has 3 aromatic rings. The first-order chi connectivity index (χ1) is 10.2. The number of imidazole rings is 1. The first-order valence-corrected chi connectivity index (χ1v) is 7.18. The zero-order chi connectivity index (χ0) is 14.8. The molecule has 0 amide bonds. The van der Waals surface area contributed by atoms with Gasteiger partial charge in [0.1, 0.15) is 11.3 Å². The minimum absolute atomic E-state index is 0.277. The average Bonchev–Trinajstić information content (AvgIpc) is 2.88. The van der Waals surface area contributed by atoms with Crippen LogP contribution in [0.3, 0.4) is 0 Å². The lowest BCUT2D eigenvalue weighted by Crippen LogP contribution is -2.02. The first-order valence-electron chi connectivity index (χ1n) is 7.18. The van der Waals surface area contributed by atoms with Crippen molar-refractivity contribution in [2.45, 2.75) is 19.9 Å². The summed E-state index contributed by atoms with van der Waals surface area (Å²) in [7, 11) is 0. The number of hydrogen-bond donors (Lipinski definition) is 1. The summed E-state index contributed by atoms with van der Waals surface area (Å²) in [5.74, 6) is 0.526. The monoisotopic (exact) mass is 283 g/mol. The maximum Gasteiger partial charge on any atom is 0.151 e. The molecule has 0 saturated carbocycles. The highest BCUT2D eigenvalue weighted by atomic mass is 19.1. The molecule has 0 aliphatic carbocycles. The number of nitrogens with zero attached hydrogens (tertiary/aromatic N) is 2. The van der Waals surface area contributed by atoms with E-state index in [0.29, 0.717) is 12.1 Å². The lowest BCUT2D eigenvalue weighted by molar-refractivity contribution is 0.637. The fourth-order valence-corrected chi connectivity index (χ4v) is 2.64. The largest absolute Gasteiger partial charge is 0.330 e. The zero-order valence-electron chi connectivity index (χ0n) is 12.0. The Balaban J connectivity index is 2.13. The molecule has 1 heterocycles. The van der Waals surface area contributed by atoms with Gasteiger partial charge in [0.05, 0.1) is 5.52 Å². The fraction of sp³-hybridized carbons (Fsp3) is 0.235. The van der Waals surface area contributed by atoms with Crippen molar-refractivity contribution in [3.8, 4) is 11.4 Å². The molecule has 1 aromatic heterocycles. The van der Waals surface area contributed by atoms with Crippen molar-refractivity contribution in [3.63, 3.8) is 0 Å². The van der Waals surface area contributed by atoms with Crippen LogP contribution >= 0.6 is 0 Å². The van der Waals surface area contributed by atoms with E-state index in [1.165, 1.54) is 11.6 Å². The standard InChI is InChI=1S/C17H18FN3/c1-2-21-15-5-3-4-14(18)16(15)20-17(21)13-8-6-12(7-9-13)10-11-19/h3-9H,2,10-11,19H2,1H3. The number of aryl methyl sites for hydroxylation is 1. The van der Waals surface area contributed by atoms with Crippen LogP contribution in [0.1, 0.15) is 12.5 Å². The molecule has 0 fully saturated rings. The Morgan fingerprint density at radius 2 is 1.90 bits per heavy atom. The molecule has 0 atom stereocenters. The van der Waals surface area contributed by atoms with E-state index >= 15 is 0 Å². The van der Waals surface area contributed by atoms with E-state index in [1.807, 2.05) is 29.7 Å². The molecule has 0 aliphatic rings. The highest BCUT2D eigenvalue weighted by molar-refractivity contribution is 5.81. The van der Waals surface area contributed by atoms with Gasteiger partial charge in [-0.1, -0.05) is 30.3 Å². The number of rotatable bonds is 4. The first kappa shape index (κ1) is 13.8. The molecule has 108 valence electrons. The molecule has 0 saturated heterocycles. The van der Waals surface area contributed by atoms with E-state index in [0.717, 1.165) is 29.9 Å². The number of hydrogen-bond acceptors (Lipinski definition) is 2. The molecule has 2 N–H and O–H groups in total. The summed E-state index contributed by atoms with van der Waals surface area (Å²) < 4.78 is 15.9. The fourth-order valence-electron chi connectivity index (χ4n) is 2.64. The summed E-state index contributed by atoms with van der Waals surface area (Å²) in [4.78, 5) is 4.49. The minimum atomic E-state index is -0.277. The Kier molecular flexibility index (Phi) is 3.71. The maximum atomic E-state index is 13.9. The predicted molar refractivity (Wildman–Crippen MR) is 83.6 cm³/mol. The summed E-state index contributed by atoms with van der Waals surface area (Å²) in [5.41, 5.74) is 9.02. The zero-order valence-corrected chi connectivity index (χ0v) is 12.0. The van der Waals surface area contributed by atoms with Crippen molar-refractivity contribution in [2.24, 2.45) is 5.73 Å². The van der Waals surface area contributed by atoms with Gasteiger partial charge in [-0.15, -0.1) is 0 Å². The molecule has 21 heavy (non-hydrogen) atoms. The van der Waals surface area contributed by atoms with Crippen molar-refractivity contribution in [1.82, 2.24) is 9.55 Å². The Bertz CT molecular complexity index is 760. The van der Waals surface area contributed by atoms with Crippen LogP contribution < -0.4 is 5.73 Å². The topological polar surface area (TPSA) is 43.8 Å². The molecule has 3 nitrogen and oxygen atoms in total. The van der Waals surface area contributed by atoms with Crippen molar-refractivity contribution >= 4 is 11.0 Å². The number of benzene rings is 2. The van der Waals surface area contributed by atoms with Gasteiger partial charge in [-0.05, 0) is 37.6 Å². The van der Waals surface area contributed by atoms with Gasteiger partial charge in [0, 0.05) is 12.1 Å². The summed E-state index contributed by atoms with van der Waals surface area (Å²) in [6.45, 7) is 3.43. The normalized spacial score (nSPS) is 11.2. The van der Waals surface area contributed by atoms with Crippen LogP contribution in [0.25, 0.3) is 22.4 Å². The average molecular weight is 283 g/mol. The molecule has 0 spiro atoms. The molecular weight excluding hydrogens is 265 g/mol. The molecule has 3 rings (SSSR count). The van der Waals surface area contributed by atoms with Gasteiger partial charge in [0.15, 0.2) is 5.82 Å². The second kappa shape index (κ2) is 5.66. The Hall–Kier alpha value is -2.20. The van der Waals surface area contributed by atoms with Crippen LogP contribution in [0.5, 0.6) is 0 Å². The quantitative estimate of drug-likeness (QED) is 0.798. The summed E-state index contributed by atoms with van der Waals surface area (Å²) in [6.07, 6.45) is 0.860. The summed E-state index contributed by atoms with van der Waals surface area (Å²) >= 11 is 0. The highest BCUT2D eigenvalue weighted by Gasteiger charge is 2.13. The summed E-state index contributed by atoms with van der Waals surface area (Å²) in [5, 5.41) is 0. The van der Waals surface area contributed by atoms with Crippen LogP contribution in [-0.2, 0) is 13.0 Å². The van der Waals surface area contributed by atoms with E-state index in [2.05, 4.69) is 17.1 Å². The third-order valence-corrected chi connectivity index (χ3v) is 3.69. The Morgan fingerprint density at radius 1 is 1.14 bits per heavy atom. The number of aromatic nitrogens is 2. The van der Waals surface area contributed by atoms with Gasteiger partial charge in [-0.3, -0.25) is 0 Å².